The fourth-order valence-electron chi connectivity index (χ4n) is 6.04. The minimum absolute atomic E-state index is 0.0959. The number of urea groups is 1. The third-order valence-electron chi connectivity index (χ3n) is 7.83. The Labute approximate surface area is 226 Å². The number of para-hydroxylation sites is 3. The molecule has 2 saturated heterocycles. The number of piperazine rings is 1. The van der Waals surface area contributed by atoms with Gasteiger partial charge < -0.3 is 14.5 Å². The summed E-state index contributed by atoms with van der Waals surface area (Å²) in [6, 6.07) is 23.6. The van der Waals surface area contributed by atoms with Crippen molar-refractivity contribution in [1.29, 1.82) is 0 Å². The number of amides is 5. The molecule has 9 nitrogen and oxygen atoms in total. The van der Waals surface area contributed by atoms with Crippen LogP contribution in [0.25, 0.3) is 0 Å². The lowest BCUT2D eigenvalue weighted by Crippen LogP contribution is -2.76. The molecule has 5 amide bonds. The van der Waals surface area contributed by atoms with Gasteiger partial charge in [-0.3, -0.25) is 9.59 Å². The fraction of sp³-hybridized carbons (Fsp3) is 0.267. The third kappa shape index (κ3) is 3.76. The second-order valence-corrected chi connectivity index (χ2v) is 9.87. The number of imide groups is 2. The lowest BCUT2D eigenvalue weighted by molar-refractivity contribution is -0.143. The van der Waals surface area contributed by atoms with Gasteiger partial charge in [-0.1, -0.05) is 54.6 Å². The highest BCUT2D eigenvalue weighted by molar-refractivity contribution is 6.39. The zero-order chi connectivity index (χ0) is 27.1. The lowest BCUT2D eigenvalue weighted by atomic mass is 9.67. The molecule has 0 radical (unpaired) electrons. The van der Waals surface area contributed by atoms with Crippen molar-refractivity contribution in [3.63, 3.8) is 0 Å². The smallest absolute Gasteiger partial charge is 0.409 e. The van der Waals surface area contributed by atoms with E-state index in [1.807, 2.05) is 29.2 Å². The zero-order valence-corrected chi connectivity index (χ0v) is 21.5. The van der Waals surface area contributed by atoms with E-state index >= 15 is 0 Å². The molecule has 1 unspecified atom stereocenters. The number of hydrogen-bond donors (Lipinski definition) is 0. The van der Waals surface area contributed by atoms with E-state index in [4.69, 9.17) is 4.74 Å². The first-order valence-corrected chi connectivity index (χ1v) is 13.1. The molecular formula is C30H28N4O5. The van der Waals surface area contributed by atoms with E-state index in [1.165, 1.54) is 0 Å². The number of fused-ring (bicyclic) bond motifs is 4. The van der Waals surface area contributed by atoms with Gasteiger partial charge in [-0.05, 0) is 49.2 Å². The molecule has 3 aromatic carbocycles. The Morgan fingerprint density at radius 3 is 1.97 bits per heavy atom. The second-order valence-electron chi connectivity index (χ2n) is 9.87. The van der Waals surface area contributed by atoms with Gasteiger partial charge in [0.2, 0.25) is 0 Å². The first-order chi connectivity index (χ1) is 19.0. The van der Waals surface area contributed by atoms with Crippen molar-refractivity contribution < 1.29 is 23.9 Å². The molecule has 1 spiro atoms. The summed E-state index contributed by atoms with van der Waals surface area (Å²) in [5.74, 6) is -1.18. The summed E-state index contributed by atoms with van der Waals surface area (Å²) in [6.45, 7) is 2.85. The lowest BCUT2D eigenvalue weighted by Gasteiger charge is -2.56. The van der Waals surface area contributed by atoms with Crippen molar-refractivity contribution >= 4 is 41.0 Å². The highest BCUT2D eigenvalue weighted by atomic mass is 16.6. The molecular weight excluding hydrogens is 496 g/mol. The Morgan fingerprint density at radius 1 is 0.821 bits per heavy atom. The van der Waals surface area contributed by atoms with E-state index in [2.05, 4.69) is 0 Å². The topological polar surface area (TPSA) is 90.5 Å². The van der Waals surface area contributed by atoms with Crippen molar-refractivity contribution in [2.45, 2.75) is 19.4 Å². The minimum Gasteiger partial charge on any atom is -0.450 e. The summed E-state index contributed by atoms with van der Waals surface area (Å²) >= 11 is 0. The molecule has 0 aliphatic carbocycles. The van der Waals surface area contributed by atoms with Gasteiger partial charge in [0, 0.05) is 25.3 Å². The number of nitrogens with zero attached hydrogens (tertiary/aromatic N) is 4. The molecule has 9 heteroatoms. The highest BCUT2D eigenvalue weighted by Gasteiger charge is 2.65. The van der Waals surface area contributed by atoms with Crippen LogP contribution >= 0.6 is 0 Å². The Morgan fingerprint density at radius 2 is 1.38 bits per heavy atom. The number of ether oxygens (including phenoxy) is 1. The number of rotatable bonds is 3. The molecule has 0 aromatic heterocycles. The van der Waals surface area contributed by atoms with Crippen LogP contribution < -0.4 is 14.7 Å². The highest BCUT2D eigenvalue weighted by Crippen LogP contribution is 2.48. The Bertz CT molecular complexity index is 1380. The molecule has 39 heavy (non-hydrogen) atoms. The number of barbiturate groups is 1. The molecule has 0 N–H and O–H groups in total. The Kier molecular flexibility index (Phi) is 6.06. The standard InChI is InChI=1S/C30H28N4O5/c1-2-39-29(38)31-17-18-32-24-16-10-9-11-21(24)19-30(25(32)20-31)26(35)33(22-12-5-3-6-13-22)28(37)34(27(30)36)23-14-7-4-8-15-23/h3-16,25H,2,17-20H2,1H3. The van der Waals surface area contributed by atoms with Crippen LogP contribution in [0.15, 0.2) is 84.9 Å². The van der Waals surface area contributed by atoms with E-state index in [0.29, 0.717) is 24.5 Å². The van der Waals surface area contributed by atoms with E-state index in [-0.39, 0.29) is 19.6 Å². The number of benzene rings is 3. The fourth-order valence-corrected chi connectivity index (χ4v) is 6.04. The van der Waals surface area contributed by atoms with Gasteiger partial charge in [0.1, 0.15) is 0 Å². The van der Waals surface area contributed by atoms with Gasteiger partial charge in [0.15, 0.2) is 5.41 Å². The van der Waals surface area contributed by atoms with Gasteiger partial charge in [0.25, 0.3) is 11.8 Å². The predicted molar refractivity (Wildman–Crippen MR) is 146 cm³/mol. The van der Waals surface area contributed by atoms with Crippen molar-refractivity contribution in [3.8, 4) is 0 Å². The van der Waals surface area contributed by atoms with E-state index in [9.17, 15) is 19.2 Å². The van der Waals surface area contributed by atoms with E-state index in [1.54, 1.807) is 72.5 Å². The molecule has 3 aliphatic heterocycles. The number of carbonyl (C=O) groups excluding carboxylic acids is 4. The van der Waals surface area contributed by atoms with Crippen molar-refractivity contribution in [3.05, 3.63) is 90.5 Å². The maximum atomic E-state index is 14.7. The van der Waals surface area contributed by atoms with Gasteiger partial charge in [-0.15, -0.1) is 0 Å². The molecule has 1 atom stereocenters. The Hall–Kier alpha value is -4.66. The minimum atomic E-state index is -1.67. The number of hydrogen-bond acceptors (Lipinski definition) is 6. The Balaban J connectivity index is 1.56. The van der Waals surface area contributed by atoms with Crippen LogP contribution in [0.5, 0.6) is 0 Å². The van der Waals surface area contributed by atoms with Crippen molar-refractivity contribution in [2.75, 3.05) is 40.9 Å². The second kappa shape index (κ2) is 9.58. The van der Waals surface area contributed by atoms with E-state index in [0.717, 1.165) is 21.1 Å². The van der Waals surface area contributed by atoms with Gasteiger partial charge in [-0.2, -0.15) is 0 Å². The molecule has 3 aliphatic rings. The van der Waals surface area contributed by atoms with Crippen LogP contribution in [0.1, 0.15) is 12.5 Å². The summed E-state index contributed by atoms with van der Waals surface area (Å²) in [5.41, 5.74) is 0.855. The summed E-state index contributed by atoms with van der Waals surface area (Å²) in [7, 11) is 0. The van der Waals surface area contributed by atoms with Gasteiger partial charge in [-0.25, -0.2) is 19.4 Å². The van der Waals surface area contributed by atoms with Crippen molar-refractivity contribution in [1.82, 2.24) is 4.90 Å². The summed E-state index contributed by atoms with van der Waals surface area (Å²) < 4.78 is 5.28. The average Bonchev–Trinajstić information content (AvgIpc) is 2.97. The zero-order valence-electron chi connectivity index (χ0n) is 21.5. The van der Waals surface area contributed by atoms with Crippen molar-refractivity contribution in [2.24, 2.45) is 5.41 Å². The van der Waals surface area contributed by atoms with Crippen LogP contribution in [0, 0.1) is 5.41 Å². The van der Waals surface area contributed by atoms with Gasteiger partial charge >= 0.3 is 12.1 Å². The molecule has 2 fully saturated rings. The SMILES string of the molecule is CCOC(=O)N1CCN2c3ccccc3CC3(C(=O)N(c4ccccc4)C(=O)N(c4ccccc4)C3=O)C2C1. The average molecular weight is 525 g/mol. The van der Waals surface area contributed by atoms with Crippen LogP contribution in [0.2, 0.25) is 0 Å². The molecule has 6 rings (SSSR count). The first-order valence-electron chi connectivity index (χ1n) is 13.1. The van der Waals surface area contributed by atoms with Crippen LogP contribution in [0.3, 0.4) is 0 Å². The summed E-state index contributed by atoms with van der Waals surface area (Å²) in [6.07, 6.45) is -0.392. The molecule has 3 aromatic rings. The molecule has 3 heterocycles. The summed E-state index contributed by atoms with van der Waals surface area (Å²) in [4.78, 5) is 61.9. The predicted octanol–water partition coefficient (Wildman–Crippen LogP) is 4.08. The normalized spacial score (nSPS) is 20.1. The first kappa shape index (κ1) is 24.7. The maximum Gasteiger partial charge on any atom is 0.409 e. The van der Waals surface area contributed by atoms with Crippen LogP contribution in [0.4, 0.5) is 26.7 Å². The van der Waals surface area contributed by atoms with Crippen LogP contribution in [-0.2, 0) is 20.7 Å². The summed E-state index contributed by atoms with van der Waals surface area (Å²) in [5, 5.41) is 0. The number of carbonyl (C=O) groups is 4. The molecule has 0 saturated carbocycles. The third-order valence-corrected chi connectivity index (χ3v) is 7.83. The molecule has 0 bridgehead atoms. The van der Waals surface area contributed by atoms with E-state index < -0.39 is 35.4 Å². The quantitative estimate of drug-likeness (QED) is 0.480. The largest absolute Gasteiger partial charge is 0.450 e. The maximum absolute atomic E-state index is 14.7. The monoisotopic (exact) mass is 524 g/mol. The van der Waals surface area contributed by atoms with Gasteiger partial charge in [0.05, 0.1) is 24.0 Å². The number of anilines is 3. The van der Waals surface area contributed by atoms with Crippen LogP contribution in [-0.4, -0.2) is 61.1 Å². The molecule has 198 valence electrons.